The van der Waals surface area contributed by atoms with Crippen LogP contribution >= 0.6 is 11.8 Å². The number of hydrogen-bond acceptors (Lipinski definition) is 4. The fraction of sp³-hybridized carbons (Fsp3) is 0.250. The number of anilines is 1. The van der Waals surface area contributed by atoms with E-state index in [2.05, 4.69) is 34.3 Å². The number of nitrogens with one attached hydrogen (secondary N) is 1. The molecule has 0 atom stereocenters. The normalized spacial score (nSPS) is 10.8. The Kier molecular flexibility index (Phi) is 6.01. The highest BCUT2D eigenvalue weighted by Gasteiger charge is 2.08. The van der Waals surface area contributed by atoms with Gasteiger partial charge in [0.25, 0.3) is 0 Å². The molecule has 4 nitrogen and oxygen atoms in total. The van der Waals surface area contributed by atoms with Crippen LogP contribution in [0.4, 0.5) is 5.69 Å². The van der Waals surface area contributed by atoms with Gasteiger partial charge in [-0.05, 0) is 36.6 Å². The van der Waals surface area contributed by atoms with Crippen molar-refractivity contribution >= 4 is 34.3 Å². The predicted octanol–water partition coefficient (Wildman–Crippen LogP) is 4.70. The lowest BCUT2D eigenvalue weighted by atomic mass is 10.1. The predicted molar refractivity (Wildman–Crippen MR) is 104 cm³/mol. The number of benzene rings is 2. The van der Waals surface area contributed by atoms with Crippen LogP contribution in [0.3, 0.4) is 0 Å². The number of hydrogen-bond donors (Lipinski definition) is 1. The Morgan fingerprint density at radius 3 is 2.68 bits per heavy atom. The van der Waals surface area contributed by atoms with Gasteiger partial charge in [-0.1, -0.05) is 55.4 Å². The van der Waals surface area contributed by atoms with Crippen molar-refractivity contribution in [2.24, 2.45) is 0 Å². The van der Waals surface area contributed by atoms with Gasteiger partial charge in [-0.15, -0.1) is 0 Å². The molecule has 1 amide bonds. The second-order valence-corrected chi connectivity index (χ2v) is 6.80. The highest BCUT2D eigenvalue weighted by molar-refractivity contribution is 8.00. The number of aryl methyl sites for hydroxylation is 1. The smallest absolute Gasteiger partial charge is 0.234 e. The molecule has 1 N–H and O–H groups in total. The quantitative estimate of drug-likeness (QED) is 0.495. The molecule has 1 aromatic heterocycles. The van der Waals surface area contributed by atoms with E-state index in [1.54, 1.807) is 0 Å². The van der Waals surface area contributed by atoms with E-state index in [4.69, 9.17) is 0 Å². The van der Waals surface area contributed by atoms with Crippen LogP contribution in [-0.4, -0.2) is 21.6 Å². The molecule has 0 aliphatic carbocycles. The van der Waals surface area contributed by atoms with E-state index in [1.165, 1.54) is 36.5 Å². The van der Waals surface area contributed by atoms with Crippen molar-refractivity contribution in [3.05, 3.63) is 60.4 Å². The van der Waals surface area contributed by atoms with Gasteiger partial charge in [0.2, 0.25) is 5.91 Å². The highest BCUT2D eigenvalue weighted by Crippen LogP contribution is 2.24. The van der Waals surface area contributed by atoms with E-state index in [9.17, 15) is 4.79 Å². The fourth-order valence-electron chi connectivity index (χ4n) is 2.56. The Bertz CT molecular complexity index is 844. The first-order valence-electron chi connectivity index (χ1n) is 8.47. The van der Waals surface area contributed by atoms with Crippen molar-refractivity contribution in [2.75, 3.05) is 11.1 Å². The molecule has 128 valence electrons. The lowest BCUT2D eigenvalue weighted by molar-refractivity contribution is -0.113. The van der Waals surface area contributed by atoms with Crippen molar-refractivity contribution < 1.29 is 4.79 Å². The maximum Gasteiger partial charge on any atom is 0.234 e. The Morgan fingerprint density at radius 1 is 1.08 bits per heavy atom. The topological polar surface area (TPSA) is 54.9 Å². The molecule has 0 aliphatic rings. The number of carbonyl (C=O) groups excluding carboxylic acids is 1. The Morgan fingerprint density at radius 2 is 1.88 bits per heavy atom. The van der Waals surface area contributed by atoms with Gasteiger partial charge in [0.05, 0.1) is 11.3 Å². The number of unbranched alkanes of at least 4 members (excludes halogenated alkanes) is 1. The van der Waals surface area contributed by atoms with Crippen molar-refractivity contribution in [1.82, 2.24) is 9.97 Å². The van der Waals surface area contributed by atoms with Gasteiger partial charge in [0.1, 0.15) is 11.4 Å². The molecular formula is C20H21N3OS. The third-order valence-electron chi connectivity index (χ3n) is 3.90. The number of thioether (sulfide) groups is 1. The summed E-state index contributed by atoms with van der Waals surface area (Å²) >= 11 is 1.43. The number of para-hydroxylation sites is 1. The minimum Gasteiger partial charge on any atom is -0.325 e. The third-order valence-corrected chi connectivity index (χ3v) is 4.91. The number of amides is 1. The summed E-state index contributed by atoms with van der Waals surface area (Å²) in [7, 11) is 0. The zero-order valence-electron chi connectivity index (χ0n) is 14.2. The van der Waals surface area contributed by atoms with Crippen LogP contribution in [-0.2, 0) is 11.2 Å². The fourth-order valence-corrected chi connectivity index (χ4v) is 3.35. The van der Waals surface area contributed by atoms with Crippen LogP contribution in [0.1, 0.15) is 25.3 Å². The molecule has 5 heteroatoms. The second kappa shape index (κ2) is 8.62. The van der Waals surface area contributed by atoms with E-state index < -0.39 is 0 Å². The van der Waals surface area contributed by atoms with E-state index in [0.29, 0.717) is 5.75 Å². The van der Waals surface area contributed by atoms with Crippen LogP contribution in [0.2, 0.25) is 0 Å². The summed E-state index contributed by atoms with van der Waals surface area (Å²) in [5.41, 5.74) is 3.03. The van der Waals surface area contributed by atoms with E-state index in [0.717, 1.165) is 28.0 Å². The van der Waals surface area contributed by atoms with Gasteiger partial charge < -0.3 is 5.32 Å². The third kappa shape index (κ3) is 4.79. The molecule has 0 spiro atoms. The summed E-state index contributed by atoms with van der Waals surface area (Å²) in [6.45, 7) is 2.19. The average molecular weight is 351 g/mol. The molecule has 3 aromatic rings. The average Bonchev–Trinajstić information content (AvgIpc) is 2.66. The molecule has 1 heterocycles. The number of nitrogens with zero attached hydrogens (tertiary/aromatic N) is 2. The first kappa shape index (κ1) is 17.4. The minimum atomic E-state index is -0.0333. The first-order chi connectivity index (χ1) is 12.3. The zero-order valence-corrected chi connectivity index (χ0v) is 15.1. The molecule has 0 saturated carbocycles. The van der Waals surface area contributed by atoms with Gasteiger partial charge in [0.15, 0.2) is 0 Å². The summed E-state index contributed by atoms with van der Waals surface area (Å²) in [5.74, 6) is 0.285. The lowest BCUT2D eigenvalue weighted by Crippen LogP contribution is -2.14. The summed E-state index contributed by atoms with van der Waals surface area (Å²) < 4.78 is 0. The van der Waals surface area contributed by atoms with Crippen LogP contribution < -0.4 is 5.32 Å². The lowest BCUT2D eigenvalue weighted by Gasteiger charge is -2.07. The maximum absolute atomic E-state index is 12.2. The van der Waals surface area contributed by atoms with E-state index >= 15 is 0 Å². The Balaban J connectivity index is 1.57. The van der Waals surface area contributed by atoms with Gasteiger partial charge in [0, 0.05) is 11.1 Å². The summed E-state index contributed by atoms with van der Waals surface area (Å²) in [5, 5.41) is 4.74. The molecular weight excluding hydrogens is 330 g/mol. The molecule has 0 unspecified atom stereocenters. The molecule has 0 fully saturated rings. The largest absolute Gasteiger partial charge is 0.325 e. The number of aromatic nitrogens is 2. The Hall–Kier alpha value is -2.40. The molecule has 3 rings (SSSR count). The summed E-state index contributed by atoms with van der Waals surface area (Å²) in [4.78, 5) is 20.7. The molecule has 25 heavy (non-hydrogen) atoms. The van der Waals surface area contributed by atoms with Crippen LogP contribution in [0, 0.1) is 0 Å². The standard InChI is InChI=1S/C20H21N3OS/c1-2-3-6-15-9-11-16(12-10-15)23-19(24)13-25-20-17-7-4-5-8-18(17)21-14-22-20/h4-5,7-12,14H,2-3,6,13H2,1H3,(H,23,24). The number of fused-ring (bicyclic) bond motifs is 1. The molecule has 0 radical (unpaired) electrons. The second-order valence-electron chi connectivity index (χ2n) is 5.83. The number of rotatable bonds is 7. The Labute approximate surface area is 152 Å². The molecule has 2 aromatic carbocycles. The molecule has 0 bridgehead atoms. The van der Waals surface area contributed by atoms with Crippen molar-refractivity contribution in [3.63, 3.8) is 0 Å². The SMILES string of the molecule is CCCCc1ccc(NC(=O)CSc2ncnc3ccccc23)cc1. The van der Waals surface area contributed by atoms with Crippen molar-refractivity contribution in [2.45, 2.75) is 31.2 Å². The number of carbonyl (C=O) groups is 1. The molecule has 0 saturated heterocycles. The van der Waals surface area contributed by atoms with Crippen LogP contribution in [0.5, 0.6) is 0 Å². The van der Waals surface area contributed by atoms with E-state index in [1.807, 2.05) is 36.4 Å². The summed E-state index contributed by atoms with van der Waals surface area (Å²) in [6.07, 6.45) is 5.00. The monoisotopic (exact) mass is 351 g/mol. The van der Waals surface area contributed by atoms with Gasteiger partial charge >= 0.3 is 0 Å². The van der Waals surface area contributed by atoms with Gasteiger partial charge in [-0.3, -0.25) is 4.79 Å². The zero-order chi connectivity index (χ0) is 17.5. The molecule has 0 aliphatic heterocycles. The van der Waals surface area contributed by atoms with Crippen LogP contribution in [0.25, 0.3) is 10.9 Å². The highest BCUT2D eigenvalue weighted by atomic mass is 32.2. The van der Waals surface area contributed by atoms with Crippen molar-refractivity contribution in [3.8, 4) is 0 Å². The van der Waals surface area contributed by atoms with Crippen molar-refractivity contribution in [1.29, 1.82) is 0 Å². The maximum atomic E-state index is 12.2. The van der Waals surface area contributed by atoms with Gasteiger partial charge in [-0.25, -0.2) is 9.97 Å². The van der Waals surface area contributed by atoms with E-state index in [-0.39, 0.29) is 5.91 Å². The van der Waals surface area contributed by atoms with Crippen LogP contribution in [0.15, 0.2) is 59.9 Å². The first-order valence-corrected chi connectivity index (χ1v) is 9.46. The minimum absolute atomic E-state index is 0.0333. The summed E-state index contributed by atoms with van der Waals surface area (Å²) in [6, 6.07) is 15.9. The van der Waals surface area contributed by atoms with Gasteiger partial charge in [-0.2, -0.15) is 0 Å².